The molecular weight excluding hydrogens is 781 g/mol. The van der Waals surface area contributed by atoms with Gasteiger partial charge in [0, 0.05) is 39.6 Å². The number of anilines is 3. The minimum Gasteiger partial charge on any atom is -0.458 e. The molecule has 0 saturated carbocycles. The Morgan fingerprint density at radius 3 is 1.45 bits per heavy atom. The highest BCUT2D eigenvalue weighted by Gasteiger charge is 2.41. The molecular formula is C59H44BNO3. The van der Waals surface area contributed by atoms with E-state index in [4.69, 9.17) is 13.9 Å². The maximum absolute atomic E-state index is 7.12. The van der Waals surface area contributed by atoms with Gasteiger partial charge in [0.15, 0.2) is 5.58 Å². The summed E-state index contributed by atoms with van der Waals surface area (Å²) >= 11 is 0. The Kier molecular flexibility index (Phi) is 8.71. The van der Waals surface area contributed by atoms with Crippen LogP contribution in [0.3, 0.4) is 0 Å². The van der Waals surface area contributed by atoms with Gasteiger partial charge in [-0.05, 0) is 92.5 Å². The first-order chi connectivity index (χ1) is 31.3. The molecule has 12 rings (SSSR count). The third kappa shape index (κ3) is 6.22. The maximum atomic E-state index is 7.12. The molecule has 3 heterocycles. The standard InChI is InChI=1S/C59H44BNO3/c1-37-32-41(38-16-8-5-9-17-38)28-31-50(37)61(51-25-15-23-46-45-22-14-24-47(59(2,3)4)57(45)64-58(46)51)44-35-54-56-55(36-44)63-53-34-43(40-20-12-7-13-21-40)27-30-49(53)60(56)48-29-26-42(33-52(48)62-54)39-18-10-6-11-19-39/h5-36H,1-4H3. The van der Waals surface area contributed by atoms with Crippen molar-refractivity contribution in [2.75, 3.05) is 4.90 Å². The summed E-state index contributed by atoms with van der Waals surface area (Å²) in [6, 6.07) is 69.0. The van der Waals surface area contributed by atoms with Crippen molar-refractivity contribution in [3.05, 3.63) is 205 Å². The predicted molar refractivity (Wildman–Crippen MR) is 266 cm³/mol. The lowest BCUT2D eigenvalue weighted by Gasteiger charge is -2.35. The van der Waals surface area contributed by atoms with Crippen LogP contribution >= 0.6 is 0 Å². The average Bonchev–Trinajstić information content (AvgIpc) is 3.72. The van der Waals surface area contributed by atoms with E-state index in [-0.39, 0.29) is 12.1 Å². The van der Waals surface area contributed by atoms with Gasteiger partial charge in [0.25, 0.3) is 6.71 Å². The van der Waals surface area contributed by atoms with Gasteiger partial charge in [0.2, 0.25) is 0 Å². The molecule has 64 heavy (non-hydrogen) atoms. The van der Waals surface area contributed by atoms with E-state index in [0.29, 0.717) is 0 Å². The van der Waals surface area contributed by atoms with E-state index in [1.807, 2.05) is 0 Å². The van der Waals surface area contributed by atoms with Crippen LogP contribution in [0.1, 0.15) is 31.9 Å². The molecule has 0 fully saturated rings. The fourth-order valence-corrected chi connectivity index (χ4v) is 9.92. The number of rotatable bonds is 6. The van der Waals surface area contributed by atoms with Crippen LogP contribution in [0.5, 0.6) is 23.0 Å². The summed E-state index contributed by atoms with van der Waals surface area (Å²) in [5.41, 5.74) is 16.8. The Balaban J connectivity index is 1.10. The Morgan fingerprint density at radius 2 is 0.922 bits per heavy atom. The van der Waals surface area contributed by atoms with Crippen molar-refractivity contribution in [2.24, 2.45) is 0 Å². The number of hydrogen-bond acceptors (Lipinski definition) is 4. The van der Waals surface area contributed by atoms with Crippen molar-refractivity contribution >= 4 is 62.1 Å². The number of benzene rings is 9. The molecule has 0 radical (unpaired) electrons. The molecule has 0 bridgehead atoms. The second-order valence-electron chi connectivity index (χ2n) is 18.1. The van der Waals surface area contributed by atoms with Crippen LogP contribution in [0.2, 0.25) is 0 Å². The molecule has 10 aromatic rings. The quantitative estimate of drug-likeness (QED) is 0.156. The summed E-state index contributed by atoms with van der Waals surface area (Å²) in [4.78, 5) is 2.33. The van der Waals surface area contributed by atoms with Crippen molar-refractivity contribution in [2.45, 2.75) is 33.1 Å². The molecule has 4 nitrogen and oxygen atoms in total. The van der Waals surface area contributed by atoms with Gasteiger partial charge < -0.3 is 18.8 Å². The monoisotopic (exact) mass is 825 g/mol. The van der Waals surface area contributed by atoms with E-state index in [2.05, 4.69) is 227 Å². The molecule has 0 unspecified atom stereocenters. The topological polar surface area (TPSA) is 34.8 Å². The van der Waals surface area contributed by atoms with Crippen molar-refractivity contribution in [3.63, 3.8) is 0 Å². The summed E-state index contributed by atoms with van der Waals surface area (Å²) in [6.45, 7) is 8.82. The number of hydrogen-bond donors (Lipinski definition) is 0. The normalized spacial score (nSPS) is 12.6. The molecule has 9 aromatic carbocycles. The zero-order chi connectivity index (χ0) is 43.1. The number of fused-ring (bicyclic) bond motifs is 7. The lowest BCUT2D eigenvalue weighted by molar-refractivity contribution is 0.465. The summed E-state index contributed by atoms with van der Waals surface area (Å²) in [6.07, 6.45) is 0. The third-order valence-corrected chi connectivity index (χ3v) is 13.0. The van der Waals surface area contributed by atoms with Crippen molar-refractivity contribution < 1.29 is 13.9 Å². The second-order valence-corrected chi connectivity index (χ2v) is 18.1. The van der Waals surface area contributed by atoms with Crippen LogP contribution < -0.4 is 30.8 Å². The van der Waals surface area contributed by atoms with Gasteiger partial charge in [-0.25, -0.2) is 0 Å². The zero-order valence-electron chi connectivity index (χ0n) is 36.2. The van der Waals surface area contributed by atoms with Gasteiger partial charge >= 0.3 is 0 Å². The fourth-order valence-electron chi connectivity index (χ4n) is 9.92. The van der Waals surface area contributed by atoms with Gasteiger partial charge in [0.05, 0.1) is 11.4 Å². The van der Waals surface area contributed by atoms with Gasteiger partial charge in [-0.2, -0.15) is 0 Å². The van der Waals surface area contributed by atoms with Crippen LogP contribution in [0, 0.1) is 6.92 Å². The Morgan fingerprint density at radius 1 is 0.422 bits per heavy atom. The smallest absolute Gasteiger partial charge is 0.260 e. The van der Waals surface area contributed by atoms with Crippen LogP contribution in [0.4, 0.5) is 17.1 Å². The molecule has 0 spiro atoms. The lowest BCUT2D eigenvalue weighted by atomic mass is 9.34. The minimum absolute atomic E-state index is 0.101. The van der Waals surface area contributed by atoms with Gasteiger partial charge in [0.1, 0.15) is 28.6 Å². The lowest BCUT2D eigenvalue weighted by Crippen LogP contribution is -2.57. The first-order valence-electron chi connectivity index (χ1n) is 22.1. The molecule has 0 saturated heterocycles. The molecule has 2 aliphatic heterocycles. The number of furan rings is 1. The number of ether oxygens (including phenoxy) is 2. The van der Waals surface area contributed by atoms with E-state index in [0.717, 1.165) is 112 Å². The minimum atomic E-state index is -0.114. The van der Waals surface area contributed by atoms with Gasteiger partial charge in [-0.15, -0.1) is 0 Å². The molecule has 5 heteroatoms. The van der Waals surface area contributed by atoms with Crippen LogP contribution in [-0.2, 0) is 5.41 Å². The van der Waals surface area contributed by atoms with Crippen LogP contribution in [0.15, 0.2) is 199 Å². The molecule has 0 aliphatic carbocycles. The van der Waals surface area contributed by atoms with E-state index < -0.39 is 0 Å². The Labute approximate surface area is 374 Å². The Bertz CT molecular complexity index is 3330. The van der Waals surface area contributed by atoms with Crippen molar-refractivity contribution in [1.82, 2.24) is 0 Å². The summed E-state index contributed by atoms with van der Waals surface area (Å²) < 4.78 is 21.3. The molecule has 2 aliphatic rings. The number of para-hydroxylation sites is 2. The summed E-state index contributed by atoms with van der Waals surface area (Å²) in [5.74, 6) is 3.21. The highest BCUT2D eigenvalue weighted by molar-refractivity contribution is 6.98. The van der Waals surface area contributed by atoms with Gasteiger partial charge in [-0.3, -0.25) is 0 Å². The van der Waals surface area contributed by atoms with Crippen molar-refractivity contribution in [3.8, 4) is 56.4 Å². The van der Waals surface area contributed by atoms with Crippen molar-refractivity contribution in [1.29, 1.82) is 0 Å². The highest BCUT2D eigenvalue weighted by Crippen LogP contribution is 2.48. The van der Waals surface area contributed by atoms with E-state index in [1.165, 1.54) is 11.1 Å². The molecule has 0 amide bonds. The SMILES string of the molecule is Cc1cc(-c2ccccc2)ccc1N(c1cc2c3c(c1)Oc1cc(-c4ccccc4)ccc1B3c1ccc(-c3ccccc3)cc1O2)c1cccc2c1oc1c(C(C)(C)C)cccc12. The molecule has 0 atom stereocenters. The average molecular weight is 826 g/mol. The van der Waals surface area contributed by atoms with Crippen LogP contribution in [0.25, 0.3) is 55.3 Å². The van der Waals surface area contributed by atoms with Crippen LogP contribution in [-0.4, -0.2) is 6.71 Å². The van der Waals surface area contributed by atoms with Gasteiger partial charge in [-0.1, -0.05) is 172 Å². The number of aryl methyl sites for hydroxylation is 1. The maximum Gasteiger partial charge on any atom is 0.260 e. The third-order valence-electron chi connectivity index (χ3n) is 13.0. The predicted octanol–water partition coefficient (Wildman–Crippen LogP) is 14.4. The van der Waals surface area contributed by atoms with E-state index in [9.17, 15) is 0 Å². The first kappa shape index (κ1) is 38.0. The number of nitrogens with zero attached hydrogens (tertiary/aromatic N) is 1. The fraction of sp³-hybridized carbons (Fsp3) is 0.0847. The molecule has 0 N–H and O–H groups in total. The molecule has 306 valence electrons. The highest BCUT2D eigenvalue weighted by atomic mass is 16.5. The Hall–Kier alpha value is -7.76. The summed E-state index contributed by atoms with van der Waals surface area (Å²) in [7, 11) is 0. The van der Waals surface area contributed by atoms with E-state index >= 15 is 0 Å². The molecule has 1 aromatic heterocycles. The van der Waals surface area contributed by atoms with E-state index in [1.54, 1.807) is 0 Å². The summed E-state index contributed by atoms with van der Waals surface area (Å²) in [5, 5.41) is 2.17. The largest absolute Gasteiger partial charge is 0.458 e. The second kappa shape index (κ2) is 14.7. The zero-order valence-corrected chi connectivity index (χ0v) is 36.2. The first-order valence-corrected chi connectivity index (χ1v) is 22.1.